The van der Waals surface area contributed by atoms with Crippen LogP contribution in [0.25, 0.3) is 22.0 Å². The van der Waals surface area contributed by atoms with Gasteiger partial charge in [-0.3, -0.25) is 9.78 Å². The maximum absolute atomic E-state index is 12.6. The molecule has 0 aliphatic heterocycles. The molecule has 0 N–H and O–H groups in total. The minimum absolute atomic E-state index is 0. The fourth-order valence-electron chi connectivity index (χ4n) is 4.33. The molecule has 5 rings (SSSR count). The van der Waals surface area contributed by atoms with Crippen LogP contribution in [0.1, 0.15) is 48.9 Å². The Kier molecular flexibility index (Phi) is 8.72. The van der Waals surface area contributed by atoms with E-state index in [4.69, 9.17) is 0 Å². The smallest absolute Gasteiger partial charge is 0.871 e. The number of carboxylic acids is 1. The number of hydrogen-bond acceptors (Lipinski definition) is 6. The Morgan fingerprint density at radius 1 is 0.778 bits per heavy atom. The maximum Gasteiger partial charge on any atom is 1.00 e. The number of aryl methyl sites for hydroxylation is 2. The number of aromatic nitrogens is 2. The molecule has 0 saturated heterocycles. The second kappa shape index (κ2) is 11.2. The number of nitrogens with zero attached hydrogens (tertiary/aromatic N) is 2. The van der Waals surface area contributed by atoms with Gasteiger partial charge in [0.25, 0.3) is 0 Å². The second-order valence-corrected chi connectivity index (χ2v) is 8.13. The van der Waals surface area contributed by atoms with E-state index in [9.17, 15) is 19.8 Å². The number of benzene rings is 2. The molecule has 6 nitrogen and oxygen atoms in total. The van der Waals surface area contributed by atoms with E-state index >= 15 is 0 Å². The van der Waals surface area contributed by atoms with Gasteiger partial charge in [-0.2, -0.15) is 0 Å². The Hall–Kier alpha value is -2.58. The monoisotopic (exact) mass is 492 g/mol. The third-order valence-corrected chi connectivity index (χ3v) is 5.87. The van der Waals surface area contributed by atoms with E-state index in [0.29, 0.717) is 55.8 Å². The van der Waals surface area contributed by atoms with Crippen LogP contribution in [-0.2, 0) is 0 Å². The molecule has 166 valence electrons. The molecule has 0 atom stereocenters. The number of rotatable bonds is 3. The van der Waals surface area contributed by atoms with Crippen molar-refractivity contribution in [3.05, 3.63) is 112 Å². The number of pyridine rings is 2. The fraction of sp³-hybridized carbons (Fsp3) is 0.0714. The average molecular weight is 492 g/mol. The molecule has 36 heavy (non-hydrogen) atoms. The molecule has 0 bridgehead atoms. The van der Waals surface area contributed by atoms with E-state index in [2.05, 4.69) is 9.97 Å². The number of ketones is 1. The third-order valence-electron chi connectivity index (χ3n) is 5.87. The summed E-state index contributed by atoms with van der Waals surface area (Å²) in [6, 6.07) is 16.8. The van der Waals surface area contributed by atoms with Crippen molar-refractivity contribution in [2.75, 3.05) is 0 Å². The van der Waals surface area contributed by atoms with Crippen molar-refractivity contribution in [1.29, 1.82) is 0 Å². The van der Waals surface area contributed by atoms with E-state index in [1.165, 1.54) is 18.2 Å². The van der Waals surface area contributed by atoms with Gasteiger partial charge in [-0.05, 0) is 60.4 Å². The van der Waals surface area contributed by atoms with Crippen molar-refractivity contribution in [2.45, 2.75) is 13.8 Å². The van der Waals surface area contributed by atoms with Gasteiger partial charge in [0.2, 0.25) is 5.78 Å². The first-order valence-electron chi connectivity index (χ1n) is 10.7. The van der Waals surface area contributed by atoms with Crippen LogP contribution < -0.4 is 69.3 Å². The van der Waals surface area contributed by atoms with Crippen molar-refractivity contribution in [3.8, 4) is 5.75 Å². The zero-order valence-corrected chi connectivity index (χ0v) is 24.5. The first kappa shape index (κ1) is 28.0. The molecule has 2 heterocycles. The van der Waals surface area contributed by atoms with Gasteiger partial charge in [-0.15, -0.1) is 0 Å². The van der Waals surface area contributed by atoms with Gasteiger partial charge in [0, 0.05) is 27.9 Å². The molecule has 4 aromatic rings. The predicted octanol–water partition coefficient (Wildman–Crippen LogP) is -2.60. The van der Waals surface area contributed by atoms with E-state index in [-0.39, 0.29) is 76.2 Å². The van der Waals surface area contributed by atoms with E-state index in [1.807, 2.05) is 12.1 Å². The van der Waals surface area contributed by atoms with Gasteiger partial charge >= 0.3 is 59.1 Å². The molecule has 2 aromatic carbocycles. The number of carbonyl (C=O) groups excluding carboxylic acids is 2. The zero-order valence-electron chi connectivity index (χ0n) is 20.5. The SMILES string of the molecule is Cc1ccc2c(n1)C(=O)C=CC2=C(c1ccccc1C(=O)[O-])c1ccc([O-])c2nc(C)ccc12.[Na+].[Na+]. The molecular weight excluding hydrogens is 474 g/mol. The Labute approximate surface area is 252 Å². The number of allylic oxidation sites excluding steroid dienone is 3. The Balaban J connectivity index is 0.00000180. The van der Waals surface area contributed by atoms with Crippen molar-refractivity contribution >= 4 is 33.8 Å². The second-order valence-electron chi connectivity index (χ2n) is 8.13. The van der Waals surface area contributed by atoms with Crippen LogP contribution in [0.5, 0.6) is 5.75 Å². The summed E-state index contributed by atoms with van der Waals surface area (Å²) >= 11 is 0. The van der Waals surface area contributed by atoms with E-state index in [0.717, 1.165) is 0 Å². The first-order valence-corrected chi connectivity index (χ1v) is 10.7. The van der Waals surface area contributed by atoms with Crippen molar-refractivity contribution in [3.63, 3.8) is 0 Å². The summed E-state index contributed by atoms with van der Waals surface area (Å²) in [4.78, 5) is 33.6. The van der Waals surface area contributed by atoms with Crippen molar-refractivity contribution in [2.24, 2.45) is 0 Å². The minimum atomic E-state index is -1.33. The summed E-state index contributed by atoms with van der Waals surface area (Å²) in [6.45, 7) is 3.60. The van der Waals surface area contributed by atoms with Crippen LogP contribution in [0.4, 0.5) is 0 Å². The van der Waals surface area contributed by atoms with Crippen molar-refractivity contribution < 1.29 is 78.9 Å². The number of hydrogen-bond donors (Lipinski definition) is 0. The topological polar surface area (TPSA) is 106 Å². The fourth-order valence-corrected chi connectivity index (χ4v) is 4.33. The van der Waals surface area contributed by atoms with Gasteiger partial charge < -0.3 is 15.0 Å². The normalized spacial score (nSPS) is 13.4. The summed E-state index contributed by atoms with van der Waals surface area (Å²) < 4.78 is 0. The summed E-state index contributed by atoms with van der Waals surface area (Å²) in [6.07, 6.45) is 3.10. The molecule has 0 saturated carbocycles. The van der Waals surface area contributed by atoms with Crippen molar-refractivity contribution in [1.82, 2.24) is 9.97 Å². The van der Waals surface area contributed by atoms with E-state index in [1.54, 1.807) is 56.3 Å². The standard InChI is InChI=1S/C28H20N2O4.2Na/c1-15-7-9-20-18(11-13-23(31)26(20)29-15)25(17-5-3-4-6-22(17)28(33)34)19-12-14-24(32)27-21(19)10-8-16(2)30-27;;/h3-14,31H,1-2H3,(H,33,34);;/q;2*+1/p-2. The minimum Gasteiger partial charge on any atom is -0.871 e. The van der Waals surface area contributed by atoms with Gasteiger partial charge in [-0.25, -0.2) is 4.98 Å². The molecule has 1 aliphatic rings. The molecule has 0 unspecified atom stereocenters. The molecule has 8 heteroatoms. The van der Waals surface area contributed by atoms with Crippen LogP contribution in [0.15, 0.2) is 72.8 Å². The molecular formula is C28H18N2Na2O4. The number of carbonyl (C=O) groups is 2. The van der Waals surface area contributed by atoms with Gasteiger partial charge in [-0.1, -0.05) is 54.3 Å². The molecule has 0 radical (unpaired) electrons. The molecule has 1 aliphatic carbocycles. The Morgan fingerprint density at radius 3 is 2.17 bits per heavy atom. The number of fused-ring (bicyclic) bond motifs is 2. The van der Waals surface area contributed by atoms with Crippen LogP contribution >= 0.6 is 0 Å². The molecule has 0 amide bonds. The number of carboxylic acid groups (broad SMARTS) is 1. The quantitative estimate of drug-likeness (QED) is 0.291. The summed E-state index contributed by atoms with van der Waals surface area (Å²) in [7, 11) is 0. The molecule has 0 fully saturated rings. The molecule has 0 spiro atoms. The predicted molar refractivity (Wildman–Crippen MR) is 125 cm³/mol. The van der Waals surface area contributed by atoms with Gasteiger partial charge in [0.1, 0.15) is 5.69 Å². The Morgan fingerprint density at radius 2 is 1.44 bits per heavy atom. The largest absolute Gasteiger partial charge is 1.00 e. The molecule has 2 aromatic heterocycles. The number of aromatic carboxylic acids is 1. The van der Waals surface area contributed by atoms with Crippen LogP contribution in [0, 0.1) is 13.8 Å². The van der Waals surface area contributed by atoms with Crippen LogP contribution in [-0.4, -0.2) is 21.7 Å². The zero-order chi connectivity index (χ0) is 24.0. The van der Waals surface area contributed by atoms with Crippen LogP contribution in [0.3, 0.4) is 0 Å². The first-order chi connectivity index (χ1) is 16.3. The summed E-state index contributed by atoms with van der Waals surface area (Å²) in [5.41, 5.74) is 4.75. The third kappa shape index (κ3) is 4.98. The average Bonchev–Trinajstić information content (AvgIpc) is 2.82. The Bertz CT molecular complexity index is 1590. The van der Waals surface area contributed by atoms with Gasteiger partial charge in [0.15, 0.2) is 0 Å². The summed E-state index contributed by atoms with van der Waals surface area (Å²) in [5, 5.41) is 25.3. The van der Waals surface area contributed by atoms with Gasteiger partial charge in [0.05, 0.1) is 11.5 Å². The maximum atomic E-state index is 12.6. The van der Waals surface area contributed by atoms with Crippen LogP contribution in [0.2, 0.25) is 0 Å². The summed E-state index contributed by atoms with van der Waals surface area (Å²) in [5.74, 6) is -1.79. The van der Waals surface area contributed by atoms with E-state index < -0.39 is 5.97 Å².